The van der Waals surface area contributed by atoms with Crippen LogP contribution in [0.1, 0.15) is 31.8 Å². The number of rotatable bonds is 3. The smallest absolute Gasteiger partial charge is 0.318 e. The second kappa shape index (κ2) is 7.85. The van der Waals surface area contributed by atoms with Crippen LogP contribution in [-0.2, 0) is 6.42 Å². The molecule has 2 aromatic heterocycles. The van der Waals surface area contributed by atoms with Crippen LogP contribution in [0.15, 0.2) is 30.7 Å². The van der Waals surface area contributed by atoms with Gasteiger partial charge in [-0.2, -0.15) is 0 Å². The third-order valence-corrected chi connectivity index (χ3v) is 5.75. The lowest BCUT2D eigenvalue weighted by Gasteiger charge is -2.41. The lowest BCUT2D eigenvalue weighted by Crippen LogP contribution is -2.58. The van der Waals surface area contributed by atoms with Gasteiger partial charge in [0.05, 0.1) is 17.9 Å². The maximum absolute atomic E-state index is 14.1. The standard InChI is InChI=1S/C21H27FN6O/c1-14-11-24-20-6-4-5-18(28(14)20)16(3)25-21(29)27-10-9-26(13-15(27)2)19-7-8-23-12-17(19)22/h5,7-8,11-12,15-16H,4,6,9-10,13H2,1-3H3,(H,25,29)/t15-,16+/m1/s1. The van der Waals surface area contributed by atoms with Gasteiger partial charge >= 0.3 is 6.03 Å². The number of hydrogen-bond donors (Lipinski definition) is 1. The molecule has 4 rings (SSSR count). The molecule has 2 aliphatic heterocycles. The number of pyridine rings is 1. The number of anilines is 1. The SMILES string of the molecule is Cc1cnc2n1C([C@H](C)NC(=O)N1CCN(c3ccncc3F)C[C@H]1C)=CCC2. The molecule has 4 heterocycles. The van der Waals surface area contributed by atoms with Crippen LogP contribution in [0.5, 0.6) is 0 Å². The van der Waals surface area contributed by atoms with Crippen molar-refractivity contribution in [2.24, 2.45) is 0 Å². The van der Waals surface area contributed by atoms with Gasteiger partial charge in [-0.3, -0.25) is 4.98 Å². The number of hydrogen-bond acceptors (Lipinski definition) is 4. The van der Waals surface area contributed by atoms with Crippen molar-refractivity contribution in [2.45, 2.75) is 45.7 Å². The molecule has 0 bridgehead atoms. The van der Waals surface area contributed by atoms with Crippen molar-refractivity contribution in [2.75, 3.05) is 24.5 Å². The summed E-state index contributed by atoms with van der Waals surface area (Å²) in [5, 5.41) is 3.14. The number of nitrogens with zero attached hydrogens (tertiary/aromatic N) is 5. The van der Waals surface area contributed by atoms with E-state index < -0.39 is 0 Å². The summed E-state index contributed by atoms with van der Waals surface area (Å²) in [6, 6.07) is 1.43. The van der Waals surface area contributed by atoms with E-state index in [1.165, 1.54) is 6.20 Å². The molecule has 2 aliphatic rings. The van der Waals surface area contributed by atoms with Crippen LogP contribution in [0.4, 0.5) is 14.9 Å². The lowest BCUT2D eigenvalue weighted by atomic mass is 10.1. The van der Waals surface area contributed by atoms with Gasteiger partial charge in [0, 0.05) is 55.9 Å². The van der Waals surface area contributed by atoms with Gasteiger partial charge in [-0.25, -0.2) is 14.2 Å². The minimum Gasteiger partial charge on any atom is -0.365 e. The minimum atomic E-state index is -0.332. The van der Waals surface area contributed by atoms with Gasteiger partial charge < -0.3 is 19.7 Å². The van der Waals surface area contributed by atoms with E-state index in [-0.39, 0.29) is 23.9 Å². The topological polar surface area (TPSA) is 66.3 Å². The van der Waals surface area contributed by atoms with Crippen LogP contribution in [0.2, 0.25) is 0 Å². The Labute approximate surface area is 170 Å². The molecule has 0 spiro atoms. The molecule has 0 saturated carbocycles. The molecule has 2 amide bonds. The molecule has 2 atom stereocenters. The van der Waals surface area contributed by atoms with Gasteiger partial charge in [0.1, 0.15) is 5.82 Å². The van der Waals surface area contributed by atoms with E-state index >= 15 is 0 Å². The van der Waals surface area contributed by atoms with Crippen molar-refractivity contribution in [1.29, 1.82) is 0 Å². The van der Waals surface area contributed by atoms with Crippen molar-refractivity contribution in [3.8, 4) is 0 Å². The fourth-order valence-electron chi connectivity index (χ4n) is 4.27. The highest BCUT2D eigenvalue weighted by Gasteiger charge is 2.30. The summed E-state index contributed by atoms with van der Waals surface area (Å²) in [5.41, 5.74) is 2.68. The quantitative estimate of drug-likeness (QED) is 0.864. The van der Waals surface area contributed by atoms with Crippen LogP contribution >= 0.6 is 0 Å². The second-order valence-corrected chi connectivity index (χ2v) is 7.81. The van der Waals surface area contributed by atoms with E-state index in [1.807, 2.05) is 36.8 Å². The van der Waals surface area contributed by atoms with Crippen molar-refractivity contribution in [3.05, 3.63) is 48.1 Å². The Hall–Kier alpha value is -2.90. The number of urea groups is 1. The monoisotopic (exact) mass is 398 g/mol. The highest BCUT2D eigenvalue weighted by atomic mass is 19.1. The van der Waals surface area contributed by atoms with E-state index in [9.17, 15) is 9.18 Å². The Balaban J connectivity index is 1.41. The Bertz CT molecular complexity index is 939. The first-order valence-electron chi connectivity index (χ1n) is 10.1. The average Bonchev–Trinajstić information content (AvgIpc) is 3.09. The summed E-state index contributed by atoms with van der Waals surface area (Å²) >= 11 is 0. The van der Waals surface area contributed by atoms with Crippen LogP contribution in [0, 0.1) is 12.7 Å². The number of nitrogens with one attached hydrogen (secondary N) is 1. The second-order valence-electron chi connectivity index (χ2n) is 7.81. The molecule has 8 heteroatoms. The Morgan fingerprint density at radius 1 is 1.34 bits per heavy atom. The van der Waals surface area contributed by atoms with E-state index in [2.05, 4.69) is 25.9 Å². The van der Waals surface area contributed by atoms with Gasteiger partial charge in [0.25, 0.3) is 0 Å². The van der Waals surface area contributed by atoms with Crippen molar-refractivity contribution < 1.29 is 9.18 Å². The third kappa shape index (κ3) is 3.71. The number of aryl methyl sites for hydroxylation is 2. The summed E-state index contributed by atoms with van der Waals surface area (Å²) in [7, 11) is 0. The molecule has 1 N–H and O–H groups in total. The zero-order chi connectivity index (χ0) is 20.5. The summed E-state index contributed by atoms with van der Waals surface area (Å²) in [6.45, 7) is 7.73. The fraction of sp³-hybridized carbons (Fsp3) is 0.476. The molecule has 7 nitrogen and oxygen atoms in total. The van der Waals surface area contributed by atoms with E-state index in [0.717, 1.165) is 30.1 Å². The average molecular weight is 398 g/mol. The Morgan fingerprint density at radius 3 is 2.93 bits per heavy atom. The van der Waals surface area contributed by atoms with Gasteiger partial charge in [0.15, 0.2) is 5.82 Å². The van der Waals surface area contributed by atoms with Crippen molar-refractivity contribution >= 4 is 17.4 Å². The molecule has 29 heavy (non-hydrogen) atoms. The zero-order valence-corrected chi connectivity index (χ0v) is 17.1. The Morgan fingerprint density at radius 2 is 2.17 bits per heavy atom. The minimum absolute atomic E-state index is 0.0330. The van der Waals surface area contributed by atoms with E-state index in [0.29, 0.717) is 25.3 Å². The number of piperazine rings is 1. The summed E-state index contributed by atoms with van der Waals surface area (Å²) in [5.74, 6) is 0.712. The summed E-state index contributed by atoms with van der Waals surface area (Å²) < 4.78 is 16.2. The predicted molar refractivity (Wildman–Crippen MR) is 110 cm³/mol. The zero-order valence-electron chi connectivity index (χ0n) is 17.1. The normalized spacial score (nSPS) is 20.1. The van der Waals surface area contributed by atoms with E-state index in [1.54, 1.807) is 12.3 Å². The molecule has 1 fully saturated rings. The molecule has 1 saturated heterocycles. The van der Waals surface area contributed by atoms with Gasteiger partial charge in [-0.1, -0.05) is 6.08 Å². The fourth-order valence-corrected chi connectivity index (χ4v) is 4.27. The number of halogens is 1. The van der Waals surface area contributed by atoms with Crippen LogP contribution in [-0.4, -0.2) is 57.2 Å². The number of imidazole rings is 1. The highest BCUT2D eigenvalue weighted by molar-refractivity contribution is 5.77. The number of allylic oxidation sites excluding steroid dienone is 1. The van der Waals surface area contributed by atoms with Gasteiger partial charge in [-0.15, -0.1) is 0 Å². The first kappa shape index (κ1) is 19.4. The highest BCUT2D eigenvalue weighted by Crippen LogP contribution is 2.24. The van der Waals surface area contributed by atoms with Gasteiger partial charge in [-0.05, 0) is 33.3 Å². The molecule has 0 aliphatic carbocycles. The Kier molecular flexibility index (Phi) is 5.25. The van der Waals surface area contributed by atoms with Crippen LogP contribution < -0.4 is 10.2 Å². The molecule has 0 aromatic carbocycles. The lowest BCUT2D eigenvalue weighted by molar-refractivity contribution is 0.170. The molecular weight excluding hydrogens is 371 g/mol. The number of fused-ring (bicyclic) bond motifs is 1. The van der Waals surface area contributed by atoms with Crippen LogP contribution in [0.3, 0.4) is 0 Å². The molecule has 0 unspecified atom stereocenters. The number of carbonyl (C=O) groups is 1. The molecule has 2 aromatic rings. The summed E-state index contributed by atoms with van der Waals surface area (Å²) in [6.07, 6.45) is 8.73. The maximum Gasteiger partial charge on any atom is 0.318 e. The number of amides is 2. The van der Waals surface area contributed by atoms with E-state index in [4.69, 9.17) is 0 Å². The number of carbonyl (C=O) groups excluding carboxylic acids is 1. The summed E-state index contributed by atoms with van der Waals surface area (Å²) in [4.78, 5) is 25.1. The van der Waals surface area contributed by atoms with Crippen molar-refractivity contribution in [3.63, 3.8) is 0 Å². The maximum atomic E-state index is 14.1. The van der Waals surface area contributed by atoms with Gasteiger partial charge in [0.2, 0.25) is 0 Å². The van der Waals surface area contributed by atoms with Crippen LogP contribution in [0.25, 0.3) is 5.70 Å². The van der Waals surface area contributed by atoms with Crippen molar-refractivity contribution in [1.82, 2.24) is 24.8 Å². The first-order chi connectivity index (χ1) is 14.0. The largest absolute Gasteiger partial charge is 0.365 e. The molecule has 0 radical (unpaired) electrons. The first-order valence-corrected chi connectivity index (χ1v) is 10.1. The number of aromatic nitrogens is 3. The molecule has 154 valence electrons. The third-order valence-electron chi connectivity index (χ3n) is 5.75. The molecular formula is C21H27FN6O. The predicted octanol–water partition coefficient (Wildman–Crippen LogP) is 2.82.